The van der Waals surface area contributed by atoms with Gasteiger partial charge in [0.1, 0.15) is 6.54 Å². The highest BCUT2D eigenvalue weighted by atomic mass is 16.2. The molecule has 4 rings (SSSR count). The third kappa shape index (κ3) is 2.49. The van der Waals surface area contributed by atoms with Gasteiger partial charge in [-0.15, -0.1) is 10.1 Å². The summed E-state index contributed by atoms with van der Waals surface area (Å²) < 4.78 is 1.92. The fourth-order valence-electron chi connectivity index (χ4n) is 3.60. The molecule has 3 heterocycles. The molecule has 1 unspecified atom stereocenters. The third-order valence-corrected chi connectivity index (χ3v) is 4.87. The van der Waals surface area contributed by atoms with E-state index < -0.39 is 6.04 Å². The lowest BCUT2D eigenvalue weighted by molar-refractivity contribution is -0.527. The highest BCUT2D eigenvalue weighted by Crippen LogP contribution is 2.22. The number of hydrogen-bond acceptors (Lipinski definition) is 5. The van der Waals surface area contributed by atoms with E-state index in [-0.39, 0.29) is 11.9 Å². The summed E-state index contributed by atoms with van der Waals surface area (Å²) in [7, 11) is 3.47. The molecular weight excluding hydrogens is 332 g/mol. The van der Waals surface area contributed by atoms with Crippen molar-refractivity contribution in [2.24, 2.45) is 10.1 Å². The van der Waals surface area contributed by atoms with Crippen LogP contribution >= 0.6 is 0 Å². The van der Waals surface area contributed by atoms with Crippen LogP contribution in [-0.2, 0) is 11.2 Å². The van der Waals surface area contributed by atoms with Crippen LogP contribution < -0.4 is 0 Å². The molecule has 1 aromatic carbocycles. The molecule has 3 aliphatic heterocycles. The number of guanidine groups is 1. The largest absolute Gasteiger partial charge is 0.416 e. The molecule has 8 nitrogen and oxygen atoms in total. The van der Waals surface area contributed by atoms with Gasteiger partial charge in [-0.3, -0.25) is 14.6 Å². The van der Waals surface area contributed by atoms with Gasteiger partial charge >= 0.3 is 12.0 Å². The topological polar surface area (TPSA) is 71.6 Å². The van der Waals surface area contributed by atoms with Crippen LogP contribution in [0.2, 0.25) is 0 Å². The van der Waals surface area contributed by atoms with E-state index in [1.807, 2.05) is 41.8 Å². The van der Waals surface area contributed by atoms with Crippen LogP contribution in [0.5, 0.6) is 0 Å². The molecule has 1 saturated heterocycles. The Labute approximate surface area is 151 Å². The van der Waals surface area contributed by atoms with Gasteiger partial charge in [0.2, 0.25) is 11.9 Å². The van der Waals surface area contributed by atoms with Gasteiger partial charge in [0.25, 0.3) is 5.91 Å². The second kappa shape index (κ2) is 6.05. The molecule has 134 valence electrons. The summed E-state index contributed by atoms with van der Waals surface area (Å²) >= 11 is 0. The van der Waals surface area contributed by atoms with E-state index in [9.17, 15) is 9.59 Å². The number of amides is 3. The average molecular weight is 353 g/mol. The molecule has 0 N–H and O–H groups in total. The molecule has 0 saturated carbocycles. The molecule has 0 aromatic heterocycles. The van der Waals surface area contributed by atoms with Crippen LogP contribution in [0.4, 0.5) is 4.79 Å². The van der Waals surface area contributed by atoms with Crippen LogP contribution in [-0.4, -0.2) is 82.1 Å². The first-order chi connectivity index (χ1) is 12.5. The number of likely N-dealkylation sites (N-methyl/N-ethyl adjacent to an activating group) is 1. The van der Waals surface area contributed by atoms with Crippen molar-refractivity contribution in [2.75, 3.05) is 27.2 Å². The highest BCUT2D eigenvalue weighted by molar-refractivity contribution is 6.23. The fourth-order valence-corrected chi connectivity index (χ4v) is 3.60. The summed E-state index contributed by atoms with van der Waals surface area (Å²) in [4.78, 5) is 33.2. The Morgan fingerprint density at radius 3 is 2.65 bits per heavy atom. The normalized spacial score (nSPS) is 22.4. The predicted molar refractivity (Wildman–Crippen MR) is 97.2 cm³/mol. The highest BCUT2D eigenvalue weighted by Gasteiger charge is 2.53. The number of urea groups is 1. The zero-order chi connectivity index (χ0) is 18.4. The first-order valence-electron chi connectivity index (χ1n) is 8.60. The maximum atomic E-state index is 13.1. The van der Waals surface area contributed by atoms with Crippen molar-refractivity contribution in [3.8, 4) is 0 Å². The van der Waals surface area contributed by atoms with Gasteiger partial charge in [0.15, 0.2) is 0 Å². The Morgan fingerprint density at radius 2 is 1.92 bits per heavy atom. The van der Waals surface area contributed by atoms with Crippen LogP contribution in [0.3, 0.4) is 0 Å². The molecule has 1 aromatic rings. The molecule has 0 aliphatic carbocycles. The standard InChI is InChI=1S/C18H21N6O2/c1-12-11-24-14-15(19-17(24)22(3)20-12)21(2)18(26)23(16(14)25)10-9-13-7-5-4-6-8-13/h4-8,14H,9-11H2,1-3H3/q+1. The molecule has 0 radical (unpaired) electrons. The summed E-state index contributed by atoms with van der Waals surface area (Å²) in [5.74, 6) is 0.858. The zero-order valence-corrected chi connectivity index (χ0v) is 15.1. The maximum absolute atomic E-state index is 13.1. The monoisotopic (exact) mass is 353 g/mol. The van der Waals surface area contributed by atoms with E-state index in [1.165, 1.54) is 9.80 Å². The van der Waals surface area contributed by atoms with Gasteiger partial charge in [-0.05, 0) is 18.9 Å². The van der Waals surface area contributed by atoms with Gasteiger partial charge in [-0.25, -0.2) is 9.37 Å². The summed E-state index contributed by atoms with van der Waals surface area (Å²) in [6, 6.07) is 8.95. The minimum Gasteiger partial charge on any atom is -0.270 e. The quantitative estimate of drug-likeness (QED) is 0.747. The Hall–Kier alpha value is -3.03. The van der Waals surface area contributed by atoms with E-state index >= 15 is 0 Å². The molecule has 26 heavy (non-hydrogen) atoms. The second-order valence-electron chi connectivity index (χ2n) is 6.73. The van der Waals surface area contributed by atoms with E-state index in [4.69, 9.17) is 0 Å². The lowest BCUT2D eigenvalue weighted by Crippen LogP contribution is -2.63. The minimum atomic E-state index is -0.573. The number of aliphatic imine (C=N–C) groups is 1. The van der Waals surface area contributed by atoms with Crippen LogP contribution in [0.1, 0.15) is 12.5 Å². The lowest BCUT2D eigenvalue weighted by Gasteiger charge is -2.34. The summed E-state index contributed by atoms with van der Waals surface area (Å²) in [6.45, 7) is 2.79. The van der Waals surface area contributed by atoms with Gasteiger partial charge in [-0.2, -0.15) is 0 Å². The van der Waals surface area contributed by atoms with Crippen molar-refractivity contribution in [2.45, 2.75) is 19.4 Å². The number of rotatable bonds is 3. The number of hydrogen-bond donors (Lipinski definition) is 0. The molecule has 3 amide bonds. The number of benzene rings is 1. The minimum absolute atomic E-state index is 0.221. The Kier molecular flexibility index (Phi) is 3.82. The number of imide groups is 1. The summed E-state index contributed by atoms with van der Waals surface area (Å²) in [5, 5.41) is 6.04. The van der Waals surface area contributed by atoms with Crippen molar-refractivity contribution in [1.82, 2.24) is 14.8 Å². The molecule has 3 aliphatic rings. The smallest absolute Gasteiger partial charge is 0.270 e. The number of carbonyl (C=O) groups excluding carboxylic acids is 2. The molecular formula is C18H21N6O2+. The van der Waals surface area contributed by atoms with Crippen molar-refractivity contribution < 1.29 is 14.2 Å². The number of hydrazone groups is 1. The number of carbonyl (C=O) groups is 2. The van der Waals surface area contributed by atoms with Gasteiger partial charge < -0.3 is 0 Å². The number of fused-ring (bicyclic) bond motifs is 2. The average Bonchev–Trinajstić information content (AvgIpc) is 3.01. The van der Waals surface area contributed by atoms with Crippen molar-refractivity contribution in [3.05, 3.63) is 35.9 Å². The third-order valence-electron chi connectivity index (χ3n) is 4.87. The van der Waals surface area contributed by atoms with Gasteiger partial charge in [-0.1, -0.05) is 35.3 Å². The van der Waals surface area contributed by atoms with Gasteiger partial charge in [0.05, 0.1) is 12.8 Å². The Balaban J connectivity index is 1.61. The SMILES string of the molecule is CC1=NN(C)C2=[N+](C1)C1C(=O)N(CCc3ccccc3)C(=O)N(C)C1=N2. The molecule has 1 fully saturated rings. The van der Waals surface area contributed by atoms with Crippen molar-refractivity contribution in [1.29, 1.82) is 0 Å². The molecule has 0 bridgehead atoms. The summed E-state index contributed by atoms with van der Waals surface area (Å²) in [6.07, 6.45) is 0.627. The van der Waals surface area contributed by atoms with Crippen LogP contribution in [0.15, 0.2) is 40.4 Å². The number of nitrogens with zero attached hydrogens (tertiary/aromatic N) is 6. The van der Waals surface area contributed by atoms with Crippen LogP contribution in [0.25, 0.3) is 0 Å². The first kappa shape index (κ1) is 16.4. The van der Waals surface area contributed by atoms with Crippen molar-refractivity contribution in [3.63, 3.8) is 0 Å². The predicted octanol–water partition coefficient (Wildman–Crippen LogP) is 0.594. The summed E-state index contributed by atoms with van der Waals surface area (Å²) in [5.41, 5.74) is 1.99. The second-order valence-corrected chi connectivity index (χ2v) is 6.73. The van der Waals surface area contributed by atoms with Crippen molar-refractivity contribution >= 4 is 29.4 Å². The van der Waals surface area contributed by atoms with E-state index in [2.05, 4.69) is 10.1 Å². The zero-order valence-electron chi connectivity index (χ0n) is 15.1. The lowest BCUT2D eigenvalue weighted by atomic mass is 10.1. The fraction of sp³-hybridized carbons (Fsp3) is 0.389. The first-order valence-corrected chi connectivity index (χ1v) is 8.60. The van der Waals surface area contributed by atoms with Crippen LogP contribution in [0, 0.1) is 0 Å². The Bertz CT molecular complexity index is 873. The van der Waals surface area contributed by atoms with E-state index in [0.29, 0.717) is 31.3 Å². The maximum Gasteiger partial charge on any atom is 0.416 e. The Morgan fingerprint density at radius 1 is 1.19 bits per heavy atom. The van der Waals surface area contributed by atoms with Gasteiger partial charge in [0, 0.05) is 13.6 Å². The number of amidine groups is 1. The molecule has 1 atom stereocenters. The molecule has 0 spiro atoms. The molecule has 8 heteroatoms. The van der Waals surface area contributed by atoms with E-state index in [0.717, 1.165) is 11.3 Å². The van der Waals surface area contributed by atoms with E-state index in [1.54, 1.807) is 19.1 Å².